The van der Waals surface area contributed by atoms with Crippen molar-refractivity contribution in [2.24, 2.45) is 0 Å². The molecule has 0 saturated heterocycles. The maximum atomic E-state index is 9.32. The molecular formula is C13H11O. The maximum Gasteiger partial charge on any atom is 0.116 e. The van der Waals surface area contributed by atoms with Gasteiger partial charge in [0.05, 0.1) is 0 Å². The molecule has 2 aromatic carbocycles. The number of rotatable bonds is 1. The number of benzene rings is 2. The highest BCUT2D eigenvalue weighted by molar-refractivity contribution is 5.64. The van der Waals surface area contributed by atoms with Crippen LogP contribution in [0.4, 0.5) is 0 Å². The van der Waals surface area contributed by atoms with Crippen LogP contribution in [0.5, 0.6) is 5.75 Å². The molecule has 0 fully saturated rings. The van der Waals surface area contributed by atoms with Gasteiger partial charge in [0, 0.05) is 0 Å². The fourth-order valence-corrected chi connectivity index (χ4v) is 1.36. The summed E-state index contributed by atoms with van der Waals surface area (Å²) in [6.07, 6.45) is 0. The maximum absolute atomic E-state index is 9.32. The number of hydrogen-bond donors (Lipinski definition) is 1. The van der Waals surface area contributed by atoms with E-state index in [2.05, 4.69) is 6.07 Å². The van der Waals surface area contributed by atoms with Crippen LogP contribution in [0.15, 0.2) is 42.5 Å². The van der Waals surface area contributed by atoms with Gasteiger partial charge in [0.1, 0.15) is 5.75 Å². The van der Waals surface area contributed by atoms with Crippen LogP contribution < -0.4 is 0 Å². The Morgan fingerprint density at radius 3 is 2.64 bits per heavy atom. The molecule has 1 radical (unpaired) electrons. The first-order chi connectivity index (χ1) is 6.75. The first-order valence-corrected chi connectivity index (χ1v) is 4.53. The SMILES string of the molecule is Cc1c[c]c(-c2cccc(O)c2)cc1. The molecule has 0 heterocycles. The summed E-state index contributed by atoms with van der Waals surface area (Å²) in [5.41, 5.74) is 3.19. The summed E-state index contributed by atoms with van der Waals surface area (Å²) < 4.78 is 0. The van der Waals surface area contributed by atoms with Crippen molar-refractivity contribution in [2.45, 2.75) is 6.92 Å². The number of aryl methyl sites for hydroxylation is 1. The Hall–Kier alpha value is -1.76. The lowest BCUT2D eigenvalue weighted by Gasteiger charge is -2.01. The molecule has 0 aliphatic rings. The van der Waals surface area contributed by atoms with Gasteiger partial charge in [-0.1, -0.05) is 35.9 Å². The summed E-state index contributed by atoms with van der Waals surface area (Å²) in [4.78, 5) is 0. The summed E-state index contributed by atoms with van der Waals surface area (Å²) >= 11 is 0. The van der Waals surface area contributed by atoms with Gasteiger partial charge in [-0.25, -0.2) is 0 Å². The van der Waals surface area contributed by atoms with Crippen LogP contribution in [-0.4, -0.2) is 5.11 Å². The van der Waals surface area contributed by atoms with Crippen LogP contribution >= 0.6 is 0 Å². The molecular weight excluding hydrogens is 172 g/mol. The van der Waals surface area contributed by atoms with Gasteiger partial charge in [0.15, 0.2) is 0 Å². The van der Waals surface area contributed by atoms with Gasteiger partial charge in [-0.3, -0.25) is 0 Å². The second-order valence-corrected chi connectivity index (χ2v) is 3.33. The Labute approximate surface area is 83.6 Å². The van der Waals surface area contributed by atoms with E-state index in [4.69, 9.17) is 0 Å². The average molecular weight is 183 g/mol. The van der Waals surface area contributed by atoms with Gasteiger partial charge in [-0.15, -0.1) is 0 Å². The summed E-state index contributed by atoms with van der Waals surface area (Å²) in [5, 5.41) is 9.32. The second kappa shape index (κ2) is 3.54. The van der Waals surface area contributed by atoms with E-state index in [0.717, 1.165) is 11.1 Å². The van der Waals surface area contributed by atoms with Gasteiger partial charge in [0.2, 0.25) is 0 Å². The third kappa shape index (κ3) is 1.77. The zero-order chi connectivity index (χ0) is 9.97. The molecule has 0 unspecified atom stereocenters. The first-order valence-electron chi connectivity index (χ1n) is 4.53. The summed E-state index contributed by atoms with van der Waals surface area (Å²) in [7, 11) is 0. The van der Waals surface area contributed by atoms with Crippen LogP contribution in [0.1, 0.15) is 5.56 Å². The molecule has 1 heteroatoms. The summed E-state index contributed by atoms with van der Waals surface area (Å²) in [6.45, 7) is 2.03. The van der Waals surface area contributed by atoms with Crippen molar-refractivity contribution in [3.8, 4) is 16.9 Å². The Kier molecular flexibility index (Phi) is 2.23. The molecule has 0 saturated carbocycles. The Morgan fingerprint density at radius 2 is 2.00 bits per heavy atom. The van der Waals surface area contributed by atoms with Gasteiger partial charge in [-0.2, -0.15) is 0 Å². The van der Waals surface area contributed by atoms with E-state index in [1.54, 1.807) is 12.1 Å². The monoisotopic (exact) mass is 183 g/mol. The minimum Gasteiger partial charge on any atom is -0.508 e. The van der Waals surface area contributed by atoms with E-state index in [1.165, 1.54) is 5.56 Å². The topological polar surface area (TPSA) is 20.2 Å². The molecule has 0 aromatic heterocycles. The van der Waals surface area contributed by atoms with Crippen LogP contribution in [0.3, 0.4) is 0 Å². The highest BCUT2D eigenvalue weighted by Crippen LogP contribution is 2.22. The van der Waals surface area contributed by atoms with Crippen LogP contribution in [0, 0.1) is 13.0 Å². The largest absolute Gasteiger partial charge is 0.508 e. The molecule has 14 heavy (non-hydrogen) atoms. The molecule has 0 aliphatic heterocycles. The molecule has 1 N–H and O–H groups in total. The normalized spacial score (nSPS) is 10.1. The third-order valence-corrected chi connectivity index (χ3v) is 2.13. The van der Waals surface area contributed by atoms with E-state index in [-0.39, 0.29) is 5.75 Å². The van der Waals surface area contributed by atoms with Gasteiger partial charge in [0.25, 0.3) is 0 Å². The lowest BCUT2D eigenvalue weighted by atomic mass is 10.0. The van der Waals surface area contributed by atoms with E-state index in [0.29, 0.717) is 0 Å². The first kappa shape index (κ1) is 8.82. The van der Waals surface area contributed by atoms with E-state index >= 15 is 0 Å². The molecule has 0 atom stereocenters. The van der Waals surface area contributed by atoms with Gasteiger partial charge in [-0.05, 0) is 36.2 Å². The molecule has 1 nitrogen and oxygen atoms in total. The van der Waals surface area contributed by atoms with Gasteiger partial charge < -0.3 is 5.11 Å². The molecule has 0 amide bonds. The molecule has 69 valence electrons. The Bertz CT molecular complexity index is 429. The highest BCUT2D eigenvalue weighted by atomic mass is 16.3. The van der Waals surface area contributed by atoms with E-state index < -0.39 is 0 Å². The molecule has 2 rings (SSSR count). The summed E-state index contributed by atoms with van der Waals surface area (Å²) in [5.74, 6) is 0.288. The molecule has 0 bridgehead atoms. The van der Waals surface area contributed by atoms with Gasteiger partial charge >= 0.3 is 0 Å². The minimum absolute atomic E-state index is 0.288. The van der Waals surface area contributed by atoms with Crippen molar-refractivity contribution in [3.05, 3.63) is 54.1 Å². The molecule has 0 spiro atoms. The lowest BCUT2D eigenvalue weighted by Crippen LogP contribution is -1.78. The highest BCUT2D eigenvalue weighted by Gasteiger charge is 1.97. The molecule has 0 aliphatic carbocycles. The number of phenols is 1. The van der Waals surface area contributed by atoms with Crippen LogP contribution in [0.25, 0.3) is 11.1 Å². The Balaban J connectivity index is 2.44. The number of hydrogen-bond acceptors (Lipinski definition) is 1. The van der Waals surface area contributed by atoms with Crippen molar-refractivity contribution < 1.29 is 5.11 Å². The average Bonchev–Trinajstić information content (AvgIpc) is 2.19. The quantitative estimate of drug-likeness (QED) is 0.720. The van der Waals surface area contributed by atoms with Crippen LogP contribution in [-0.2, 0) is 0 Å². The molecule has 2 aromatic rings. The van der Waals surface area contributed by atoms with E-state index in [1.807, 2.05) is 37.3 Å². The zero-order valence-electron chi connectivity index (χ0n) is 7.99. The predicted octanol–water partition coefficient (Wildman–Crippen LogP) is 3.17. The zero-order valence-corrected chi connectivity index (χ0v) is 7.99. The standard InChI is InChI=1S/C13H11O/c1-10-5-7-11(8-6-10)12-3-2-4-13(14)9-12/h2-7,9,14H,1H3. The summed E-state index contributed by atoms with van der Waals surface area (Å²) in [6, 6.07) is 16.3. The number of phenolic OH excluding ortho intramolecular Hbond substituents is 1. The third-order valence-electron chi connectivity index (χ3n) is 2.13. The second-order valence-electron chi connectivity index (χ2n) is 3.33. The van der Waals surface area contributed by atoms with Crippen LogP contribution in [0.2, 0.25) is 0 Å². The predicted molar refractivity (Wildman–Crippen MR) is 57.1 cm³/mol. The Morgan fingerprint density at radius 1 is 1.14 bits per heavy atom. The van der Waals surface area contributed by atoms with Crippen molar-refractivity contribution >= 4 is 0 Å². The fourth-order valence-electron chi connectivity index (χ4n) is 1.36. The smallest absolute Gasteiger partial charge is 0.116 e. The fraction of sp³-hybridized carbons (Fsp3) is 0.0769. The van der Waals surface area contributed by atoms with Crippen molar-refractivity contribution in [3.63, 3.8) is 0 Å². The van der Waals surface area contributed by atoms with E-state index in [9.17, 15) is 5.11 Å². The lowest BCUT2D eigenvalue weighted by molar-refractivity contribution is 0.475. The number of aromatic hydroxyl groups is 1. The van der Waals surface area contributed by atoms with Crippen molar-refractivity contribution in [2.75, 3.05) is 0 Å². The van der Waals surface area contributed by atoms with Crippen molar-refractivity contribution in [1.82, 2.24) is 0 Å². The van der Waals surface area contributed by atoms with Crippen molar-refractivity contribution in [1.29, 1.82) is 0 Å². The minimum atomic E-state index is 0.288.